The number of nitriles is 1. The number of nitrogens with zero attached hydrogens (tertiary/aromatic N) is 1. The van der Waals surface area contributed by atoms with Gasteiger partial charge in [0.25, 0.3) is 0 Å². The maximum absolute atomic E-state index is 13.0. The van der Waals surface area contributed by atoms with Crippen molar-refractivity contribution in [3.63, 3.8) is 0 Å². The largest absolute Gasteiger partial charge is 0.467 e. The van der Waals surface area contributed by atoms with E-state index >= 15 is 0 Å². The zero-order valence-electron chi connectivity index (χ0n) is 13.4. The second-order valence-corrected chi connectivity index (χ2v) is 6.39. The number of hydrogen-bond acceptors (Lipinski definition) is 7. The molecule has 1 unspecified atom stereocenters. The predicted molar refractivity (Wildman–Crippen MR) is 82.8 cm³/mol. The monoisotopic (exact) mass is 341 g/mol. The third kappa shape index (κ3) is 5.07. The molecule has 1 aromatic rings. The van der Waals surface area contributed by atoms with Crippen LogP contribution in [0.5, 0.6) is 0 Å². The van der Waals surface area contributed by atoms with Crippen LogP contribution >= 0.6 is 7.60 Å². The zero-order valence-corrected chi connectivity index (χ0v) is 14.2. The highest BCUT2D eigenvalue weighted by Crippen LogP contribution is 2.62. The number of carbonyl (C=O) groups is 1. The molecule has 126 valence electrons. The highest BCUT2D eigenvalue weighted by Gasteiger charge is 2.38. The Morgan fingerprint density at radius 1 is 1.35 bits per heavy atom. The van der Waals surface area contributed by atoms with Crippen LogP contribution in [0.1, 0.15) is 37.8 Å². The first kappa shape index (κ1) is 19.2. The van der Waals surface area contributed by atoms with E-state index in [-0.39, 0.29) is 31.1 Å². The smallest absolute Gasteiger partial charge is 0.345 e. The SMILES string of the molecule is CCOC(=O)/C=C/C(c1occc1C#N)P(=O)(OCC)OCC. The molecule has 7 nitrogen and oxygen atoms in total. The third-order valence-corrected chi connectivity index (χ3v) is 5.07. The van der Waals surface area contributed by atoms with E-state index in [1.54, 1.807) is 20.8 Å². The predicted octanol–water partition coefficient (Wildman–Crippen LogP) is 3.58. The van der Waals surface area contributed by atoms with Gasteiger partial charge in [-0.05, 0) is 26.8 Å². The minimum absolute atomic E-state index is 0.123. The van der Waals surface area contributed by atoms with Crippen molar-refractivity contribution in [2.75, 3.05) is 19.8 Å². The number of rotatable bonds is 9. The Morgan fingerprint density at radius 2 is 2.00 bits per heavy atom. The molecular formula is C15H20NO6P. The van der Waals surface area contributed by atoms with Gasteiger partial charge in [-0.25, -0.2) is 4.79 Å². The Kier molecular flexibility index (Phi) is 7.76. The van der Waals surface area contributed by atoms with E-state index < -0.39 is 19.2 Å². The summed E-state index contributed by atoms with van der Waals surface area (Å²) in [5.74, 6) is -0.472. The van der Waals surface area contributed by atoms with Gasteiger partial charge >= 0.3 is 13.6 Å². The number of carbonyl (C=O) groups excluding carboxylic acids is 1. The summed E-state index contributed by atoms with van der Waals surface area (Å²) in [7, 11) is -3.67. The van der Waals surface area contributed by atoms with Gasteiger partial charge in [-0.3, -0.25) is 4.57 Å². The fourth-order valence-electron chi connectivity index (χ4n) is 1.90. The number of furan rings is 1. The Morgan fingerprint density at radius 3 is 2.52 bits per heavy atom. The van der Waals surface area contributed by atoms with Gasteiger partial charge in [0.05, 0.1) is 31.6 Å². The van der Waals surface area contributed by atoms with Gasteiger partial charge in [0.1, 0.15) is 17.5 Å². The number of esters is 1. The van der Waals surface area contributed by atoms with Crippen LogP contribution < -0.4 is 0 Å². The maximum atomic E-state index is 13.0. The first-order valence-corrected chi connectivity index (χ1v) is 8.84. The molecule has 0 bridgehead atoms. The number of allylic oxidation sites excluding steroid dienone is 1. The molecule has 0 saturated carbocycles. The zero-order chi connectivity index (χ0) is 17.3. The molecule has 0 saturated heterocycles. The molecule has 0 amide bonds. The highest BCUT2D eigenvalue weighted by atomic mass is 31.2. The molecular weight excluding hydrogens is 321 g/mol. The van der Waals surface area contributed by atoms with E-state index in [0.29, 0.717) is 0 Å². The molecule has 1 atom stereocenters. The van der Waals surface area contributed by atoms with Crippen LogP contribution in [0.4, 0.5) is 0 Å². The van der Waals surface area contributed by atoms with Gasteiger partial charge in [-0.1, -0.05) is 6.08 Å². The minimum atomic E-state index is -3.67. The van der Waals surface area contributed by atoms with Crippen LogP contribution in [-0.2, 0) is 23.1 Å². The molecule has 1 heterocycles. The Bertz CT molecular complexity index is 620. The van der Waals surface area contributed by atoms with E-state index in [0.717, 1.165) is 6.08 Å². The Balaban J connectivity index is 3.28. The lowest BCUT2D eigenvalue weighted by Gasteiger charge is -2.22. The molecule has 0 aliphatic carbocycles. The summed E-state index contributed by atoms with van der Waals surface area (Å²) in [6.45, 7) is 5.52. The van der Waals surface area contributed by atoms with Gasteiger partial charge in [0, 0.05) is 6.08 Å². The van der Waals surface area contributed by atoms with Crippen molar-refractivity contribution >= 4 is 13.6 Å². The van der Waals surface area contributed by atoms with Crippen LogP contribution in [0, 0.1) is 11.3 Å². The quantitative estimate of drug-likeness (QED) is 0.384. The topological polar surface area (TPSA) is 98.8 Å². The molecule has 1 aromatic heterocycles. The molecule has 1 rings (SSSR count). The average Bonchev–Trinajstić information content (AvgIpc) is 2.96. The van der Waals surface area contributed by atoms with Gasteiger partial charge in [0.2, 0.25) is 0 Å². The normalized spacial score (nSPS) is 13.0. The lowest BCUT2D eigenvalue weighted by molar-refractivity contribution is -0.137. The molecule has 0 spiro atoms. The number of ether oxygens (including phenoxy) is 1. The number of hydrogen-bond donors (Lipinski definition) is 0. The summed E-state index contributed by atoms with van der Waals surface area (Å²) in [6.07, 6.45) is 3.76. The maximum Gasteiger partial charge on any atom is 0.345 e. The van der Waals surface area contributed by atoms with Gasteiger partial charge in [0.15, 0.2) is 0 Å². The molecule has 0 radical (unpaired) electrons. The lowest BCUT2D eigenvalue weighted by Crippen LogP contribution is -2.07. The van der Waals surface area contributed by atoms with Crippen molar-refractivity contribution in [3.8, 4) is 6.07 Å². The highest BCUT2D eigenvalue weighted by molar-refractivity contribution is 7.54. The molecule has 0 fully saturated rings. The van der Waals surface area contributed by atoms with Crippen LogP contribution in [-0.4, -0.2) is 25.8 Å². The summed E-state index contributed by atoms with van der Waals surface area (Å²) in [4.78, 5) is 11.5. The summed E-state index contributed by atoms with van der Waals surface area (Å²) >= 11 is 0. The third-order valence-electron chi connectivity index (χ3n) is 2.74. The fourth-order valence-corrected chi connectivity index (χ4v) is 3.80. The summed E-state index contributed by atoms with van der Waals surface area (Å²) in [6, 6.07) is 3.40. The van der Waals surface area contributed by atoms with Crippen LogP contribution in [0.25, 0.3) is 0 Å². The molecule has 0 N–H and O–H groups in total. The van der Waals surface area contributed by atoms with E-state index in [4.69, 9.17) is 23.5 Å². The standard InChI is InChI=1S/C15H20NO6P/c1-4-19-14(17)8-7-13(15-12(11-16)9-10-20-15)23(18,21-5-2)22-6-3/h7-10,13H,4-6H2,1-3H3/b8-7+. The first-order valence-electron chi connectivity index (χ1n) is 7.23. The van der Waals surface area contributed by atoms with Crippen molar-refractivity contribution in [2.45, 2.75) is 26.4 Å². The fraction of sp³-hybridized carbons (Fsp3) is 0.467. The van der Waals surface area contributed by atoms with Gasteiger partial charge in [-0.2, -0.15) is 5.26 Å². The molecule has 8 heteroatoms. The van der Waals surface area contributed by atoms with E-state index in [9.17, 15) is 9.36 Å². The van der Waals surface area contributed by atoms with Crippen molar-refractivity contribution in [1.82, 2.24) is 0 Å². The second-order valence-electron chi connectivity index (χ2n) is 4.24. The van der Waals surface area contributed by atoms with Gasteiger partial charge < -0.3 is 18.2 Å². The van der Waals surface area contributed by atoms with Crippen molar-refractivity contribution in [2.24, 2.45) is 0 Å². The van der Waals surface area contributed by atoms with E-state index in [2.05, 4.69) is 0 Å². The van der Waals surface area contributed by atoms with Crippen molar-refractivity contribution in [3.05, 3.63) is 35.8 Å². The summed E-state index contributed by atoms with van der Waals surface area (Å²) < 4.78 is 33.7. The van der Waals surface area contributed by atoms with E-state index in [1.165, 1.54) is 18.4 Å². The van der Waals surface area contributed by atoms with Crippen LogP contribution in [0.15, 0.2) is 28.9 Å². The van der Waals surface area contributed by atoms with E-state index in [1.807, 2.05) is 6.07 Å². The Hall–Kier alpha value is -1.87. The van der Waals surface area contributed by atoms with Crippen LogP contribution in [0.3, 0.4) is 0 Å². The molecule has 0 aliphatic rings. The van der Waals surface area contributed by atoms with Crippen LogP contribution in [0.2, 0.25) is 0 Å². The molecule has 23 heavy (non-hydrogen) atoms. The lowest BCUT2D eigenvalue weighted by atomic mass is 10.2. The Labute approximate surface area is 135 Å². The summed E-state index contributed by atoms with van der Waals surface area (Å²) in [5, 5.41) is 9.15. The summed E-state index contributed by atoms with van der Waals surface area (Å²) in [5.41, 5.74) is -0.820. The minimum Gasteiger partial charge on any atom is -0.467 e. The first-order chi connectivity index (χ1) is 11.0. The van der Waals surface area contributed by atoms with Gasteiger partial charge in [-0.15, -0.1) is 0 Å². The van der Waals surface area contributed by atoms with Crippen molar-refractivity contribution in [1.29, 1.82) is 5.26 Å². The average molecular weight is 341 g/mol. The second kappa shape index (κ2) is 9.31. The molecule has 0 aliphatic heterocycles. The van der Waals surface area contributed by atoms with Crippen molar-refractivity contribution < 1.29 is 27.6 Å². The molecule has 0 aromatic carbocycles.